The number of anilines is 1. The van der Waals surface area contributed by atoms with Gasteiger partial charge < -0.3 is 10.4 Å². The number of carboxylic acid groups (broad SMARTS) is 1. The lowest BCUT2D eigenvalue weighted by Gasteiger charge is -2.15. The third-order valence-electron chi connectivity index (χ3n) is 4.56. The standard InChI is InChI=1S/C20H16N4O6/c25-16(26)11-21-17-12-5-1-2-6-13(12)18(27)23(22-17)9-10-30-24-19(28)14-7-3-4-8-15(14)20(24)29/h1-8H,9-11H2,(H,21,22)(H,25,26). The van der Waals surface area contributed by atoms with Gasteiger partial charge in [-0.3, -0.25) is 24.0 Å². The number of carbonyl (C=O) groups is 3. The number of imide groups is 1. The summed E-state index contributed by atoms with van der Waals surface area (Å²) in [4.78, 5) is 53.6. The highest BCUT2D eigenvalue weighted by atomic mass is 16.7. The highest BCUT2D eigenvalue weighted by Crippen LogP contribution is 2.22. The van der Waals surface area contributed by atoms with Crippen molar-refractivity contribution in [2.45, 2.75) is 6.54 Å². The number of benzene rings is 2. The maximum absolute atomic E-state index is 12.7. The van der Waals surface area contributed by atoms with Gasteiger partial charge in [0, 0.05) is 5.39 Å². The lowest BCUT2D eigenvalue weighted by atomic mass is 10.1. The summed E-state index contributed by atoms with van der Waals surface area (Å²) in [5, 5.41) is 17.3. The van der Waals surface area contributed by atoms with Gasteiger partial charge in [0.1, 0.15) is 6.54 Å². The number of nitrogens with zero attached hydrogens (tertiary/aromatic N) is 3. The van der Waals surface area contributed by atoms with Crippen molar-refractivity contribution in [3.63, 3.8) is 0 Å². The van der Waals surface area contributed by atoms with Crippen LogP contribution in [0.5, 0.6) is 0 Å². The van der Waals surface area contributed by atoms with Crippen molar-refractivity contribution in [3.05, 3.63) is 70.0 Å². The highest BCUT2D eigenvalue weighted by molar-refractivity contribution is 6.20. The molecular weight excluding hydrogens is 392 g/mol. The molecule has 3 aromatic rings. The van der Waals surface area contributed by atoms with Crippen LogP contribution in [0.1, 0.15) is 20.7 Å². The molecule has 2 N–H and O–H groups in total. The topological polar surface area (TPSA) is 131 Å². The van der Waals surface area contributed by atoms with Gasteiger partial charge in [-0.05, 0) is 18.2 Å². The molecule has 0 bridgehead atoms. The fourth-order valence-corrected chi connectivity index (χ4v) is 3.18. The highest BCUT2D eigenvalue weighted by Gasteiger charge is 2.36. The zero-order valence-corrected chi connectivity index (χ0v) is 15.6. The Labute approximate surface area is 169 Å². The van der Waals surface area contributed by atoms with Crippen LogP contribution in [-0.2, 0) is 16.2 Å². The van der Waals surface area contributed by atoms with Crippen LogP contribution in [0.4, 0.5) is 5.82 Å². The van der Waals surface area contributed by atoms with Gasteiger partial charge in [-0.1, -0.05) is 30.3 Å². The van der Waals surface area contributed by atoms with Gasteiger partial charge in [0.15, 0.2) is 5.82 Å². The molecule has 2 aromatic carbocycles. The molecule has 0 spiro atoms. The molecule has 1 aliphatic rings. The van der Waals surface area contributed by atoms with Crippen LogP contribution in [0.3, 0.4) is 0 Å². The molecule has 0 aliphatic carbocycles. The smallest absolute Gasteiger partial charge is 0.322 e. The van der Waals surface area contributed by atoms with E-state index in [0.717, 1.165) is 4.68 Å². The number of aromatic nitrogens is 2. The molecule has 0 saturated heterocycles. The van der Waals surface area contributed by atoms with E-state index in [1.54, 1.807) is 36.4 Å². The number of hydrogen-bond acceptors (Lipinski definition) is 7. The Hall–Kier alpha value is -4.05. The molecule has 0 fully saturated rings. The SMILES string of the molecule is O=C(O)CNc1nn(CCON2C(=O)c3ccccc3C2=O)c(=O)c2ccccc12. The van der Waals surface area contributed by atoms with Crippen molar-refractivity contribution in [1.29, 1.82) is 0 Å². The van der Waals surface area contributed by atoms with E-state index in [-0.39, 0.29) is 36.6 Å². The number of carboxylic acids is 1. The lowest BCUT2D eigenvalue weighted by Crippen LogP contribution is -2.33. The molecule has 1 aromatic heterocycles. The van der Waals surface area contributed by atoms with Gasteiger partial charge in [-0.25, -0.2) is 4.68 Å². The third kappa shape index (κ3) is 3.40. The second kappa shape index (κ2) is 7.76. The average Bonchev–Trinajstić information content (AvgIpc) is 2.99. The van der Waals surface area contributed by atoms with Crippen molar-refractivity contribution in [2.75, 3.05) is 18.5 Å². The van der Waals surface area contributed by atoms with Gasteiger partial charge >= 0.3 is 5.97 Å². The minimum Gasteiger partial charge on any atom is -0.480 e. The molecule has 4 rings (SSSR count). The predicted molar refractivity (Wildman–Crippen MR) is 105 cm³/mol. The van der Waals surface area contributed by atoms with E-state index >= 15 is 0 Å². The number of nitrogens with one attached hydrogen (secondary N) is 1. The third-order valence-corrected chi connectivity index (χ3v) is 4.56. The van der Waals surface area contributed by atoms with E-state index in [1.807, 2.05) is 0 Å². The first-order valence-electron chi connectivity index (χ1n) is 9.03. The summed E-state index contributed by atoms with van der Waals surface area (Å²) in [6.07, 6.45) is 0. The Balaban J connectivity index is 1.54. The fraction of sp³-hybridized carbons (Fsp3) is 0.150. The van der Waals surface area contributed by atoms with Crippen LogP contribution < -0.4 is 10.9 Å². The van der Waals surface area contributed by atoms with Gasteiger partial charge in [-0.2, -0.15) is 5.10 Å². The molecule has 0 atom stereocenters. The molecule has 1 aliphatic heterocycles. The molecule has 0 radical (unpaired) electrons. The van der Waals surface area contributed by atoms with E-state index in [0.29, 0.717) is 15.8 Å². The van der Waals surface area contributed by atoms with Crippen LogP contribution in [-0.4, -0.2) is 50.9 Å². The molecule has 30 heavy (non-hydrogen) atoms. The molecule has 2 amide bonds. The number of aliphatic carboxylic acids is 1. The summed E-state index contributed by atoms with van der Waals surface area (Å²) < 4.78 is 1.10. The zero-order valence-electron chi connectivity index (χ0n) is 15.6. The first kappa shape index (κ1) is 19.3. The number of hydrogen-bond donors (Lipinski definition) is 2. The molecule has 152 valence electrons. The Morgan fingerprint density at radius 2 is 1.57 bits per heavy atom. The minimum absolute atomic E-state index is 0.0567. The van der Waals surface area contributed by atoms with Crippen LogP contribution in [0, 0.1) is 0 Å². The molecule has 10 heteroatoms. The largest absolute Gasteiger partial charge is 0.480 e. The Kier molecular flexibility index (Phi) is 4.98. The minimum atomic E-state index is -1.08. The van der Waals surface area contributed by atoms with Gasteiger partial charge in [-0.15, -0.1) is 5.06 Å². The summed E-state index contributed by atoms with van der Waals surface area (Å²) in [6, 6.07) is 13.0. The van der Waals surface area contributed by atoms with Crippen LogP contribution >= 0.6 is 0 Å². The number of amides is 2. The van der Waals surface area contributed by atoms with Crippen molar-refractivity contribution >= 4 is 34.4 Å². The van der Waals surface area contributed by atoms with Crippen molar-refractivity contribution in [1.82, 2.24) is 14.8 Å². The fourth-order valence-electron chi connectivity index (χ4n) is 3.18. The second-order valence-corrected chi connectivity index (χ2v) is 6.45. The Morgan fingerprint density at radius 3 is 2.20 bits per heavy atom. The van der Waals surface area contributed by atoms with Gasteiger partial charge in [0.25, 0.3) is 17.4 Å². The molecular formula is C20H16N4O6. The van der Waals surface area contributed by atoms with E-state index in [4.69, 9.17) is 9.94 Å². The number of rotatable bonds is 7. The van der Waals surface area contributed by atoms with E-state index in [2.05, 4.69) is 10.4 Å². The number of carbonyl (C=O) groups excluding carboxylic acids is 2. The molecule has 2 heterocycles. The quantitative estimate of drug-likeness (QED) is 0.556. The normalized spacial score (nSPS) is 13.0. The molecule has 0 saturated carbocycles. The maximum atomic E-state index is 12.7. The van der Waals surface area contributed by atoms with Crippen LogP contribution in [0.15, 0.2) is 53.3 Å². The predicted octanol–water partition coefficient (Wildman–Crippen LogP) is 1.12. The lowest BCUT2D eigenvalue weighted by molar-refractivity contribution is -0.134. The number of fused-ring (bicyclic) bond motifs is 2. The van der Waals surface area contributed by atoms with Crippen molar-refractivity contribution in [2.24, 2.45) is 0 Å². The summed E-state index contributed by atoms with van der Waals surface area (Å²) in [5.41, 5.74) is 0.102. The maximum Gasteiger partial charge on any atom is 0.322 e. The van der Waals surface area contributed by atoms with Gasteiger partial charge in [0.05, 0.1) is 29.7 Å². The van der Waals surface area contributed by atoms with Gasteiger partial charge in [0.2, 0.25) is 0 Å². The Bertz CT molecular complexity index is 1200. The first-order valence-corrected chi connectivity index (χ1v) is 9.03. The van der Waals surface area contributed by atoms with Crippen molar-refractivity contribution in [3.8, 4) is 0 Å². The average molecular weight is 408 g/mol. The van der Waals surface area contributed by atoms with Crippen molar-refractivity contribution < 1.29 is 24.3 Å². The monoisotopic (exact) mass is 408 g/mol. The van der Waals surface area contributed by atoms with Crippen LogP contribution in [0.25, 0.3) is 10.8 Å². The summed E-state index contributed by atoms with van der Waals surface area (Å²) in [5.74, 6) is -1.99. The number of hydroxylamine groups is 2. The molecule has 0 unspecified atom stereocenters. The Morgan fingerprint density at radius 1 is 0.967 bits per heavy atom. The van der Waals surface area contributed by atoms with Crippen LogP contribution in [0.2, 0.25) is 0 Å². The summed E-state index contributed by atoms with van der Waals surface area (Å²) in [7, 11) is 0. The van der Waals surface area contributed by atoms with E-state index in [9.17, 15) is 19.2 Å². The first-order chi connectivity index (χ1) is 14.5. The van der Waals surface area contributed by atoms with E-state index < -0.39 is 23.3 Å². The molecule has 10 nitrogen and oxygen atoms in total. The summed E-state index contributed by atoms with van der Waals surface area (Å²) >= 11 is 0. The summed E-state index contributed by atoms with van der Waals surface area (Å²) in [6.45, 7) is -0.603. The van der Waals surface area contributed by atoms with E-state index in [1.165, 1.54) is 12.1 Å². The zero-order chi connectivity index (χ0) is 21.3. The second-order valence-electron chi connectivity index (χ2n) is 6.45.